The van der Waals surface area contributed by atoms with Crippen molar-refractivity contribution in [1.82, 2.24) is 0 Å². The minimum absolute atomic E-state index is 0.184. The maximum absolute atomic E-state index is 4.41. The van der Waals surface area contributed by atoms with Crippen molar-refractivity contribution in [2.75, 3.05) is 0 Å². The summed E-state index contributed by atoms with van der Waals surface area (Å²) in [5.74, 6) is 0.184. The molecule has 0 nitrogen and oxygen atoms in total. The fourth-order valence-electron chi connectivity index (χ4n) is 4.96. The Hall–Kier alpha value is -4.68. The first-order chi connectivity index (χ1) is 20.9. The third kappa shape index (κ3) is 9.97. The van der Waals surface area contributed by atoms with Crippen LogP contribution in [0.3, 0.4) is 0 Å². The van der Waals surface area contributed by atoms with E-state index in [0.717, 1.165) is 27.8 Å². The van der Waals surface area contributed by atoms with E-state index in [4.69, 9.17) is 0 Å². The average Bonchev–Trinajstić information content (AvgIpc) is 3.00. The highest BCUT2D eigenvalue weighted by atomic mass is 14.2. The molecular weight excluding hydrogens is 516 g/mol. The lowest BCUT2D eigenvalue weighted by Crippen LogP contribution is -1.96. The molecule has 0 amide bonds. The molecule has 0 aromatic heterocycles. The second kappa shape index (κ2) is 18.7. The minimum Gasteiger partial charge on any atom is -0.0991 e. The van der Waals surface area contributed by atoms with Gasteiger partial charge in [-0.3, -0.25) is 0 Å². The Morgan fingerprint density at radius 1 is 0.791 bits per heavy atom. The topological polar surface area (TPSA) is 0 Å². The summed E-state index contributed by atoms with van der Waals surface area (Å²) in [4.78, 5) is 0. The Balaban J connectivity index is 2.76. The van der Waals surface area contributed by atoms with Crippen LogP contribution in [0.2, 0.25) is 0 Å². The number of hydrogen-bond acceptors (Lipinski definition) is 0. The molecule has 0 heterocycles. The molecule has 2 rings (SSSR count). The molecule has 0 heteroatoms. The van der Waals surface area contributed by atoms with E-state index in [1.54, 1.807) is 6.08 Å². The van der Waals surface area contributed by atoms with Gasteiger partial charge in [0.1, 0.15) is 0 Å². The molecule has 0 saturated carbocycles. The molecule has 2 aromatic rings. The van der Waals surface area contributed by atoms with E-state index in [1.165, 1.54) is 27.5 Å². The average molecular weight is 565 g/mol. The second-order valence-electron chi connectivity index (χ2n) is 10.2. The van der Waals surface area contributed by atoms with Gasteiger partial charge in [-0.2, -0.15) is 0 Å². The summed E-state index contributed by atoms with van der Waals surface area (Å²) in [5, 5.41) is 2.37. The minimum atomic E-state index is 0.184. The number of allylic oxidation sites excluding steroid dienone is 22. The summed E-state index contributed by atoms with van der Waals surface area (Å²) in [5.41, 5.74) is 9.16. The van der Waals surface area contributed by atoms with Crippen LogP contribution in [0.25, 0.3) is 28.0 Å². The molecule has 0 aliphatic carbocycles. The number of rotatable bonds is 14. The molecule has 43 heavy (non-hydrogen) atoms. The van der Waals surface area contributed by atoms with Gasteiger partial charge in [0.2, 0.25) is 0 Å². The van der Waals surface area contributed by atoms with Crippen molar-refractivity contribution in [2.45, 2.75) is 41.5 Å². The molecule has 2 aromatic carbocycles. The van der Waals surface area contributed by atoms with Crippen LogP contribution in [0.1, 0.15) is 58.2 Å². The van der Waals surface area contributed by atoms with E-state index in [1.807, 2.05) is 44.2 Å². The molecular formula is C43H48. The Labute approximate surface area is 261 Å². The highest BCUT2D eigenvalue weighted by molar-refractivity contribution is 6.05. The quantitative estimate of drug-likeness (QED) is 0.200. The molecule has 0 spiro atoms. The third-order valence-electron chi connectivity index (χ3n) is 6.95. The van der Waals surface area contributed by atoms with Crippen molar-refractivity contribution < 1.29 is 0 Å². The molecule has 0 saturated heterocycles. The van der Waals surface area contributed by atoms with E-state index in [0.29, 0.717) is 0 Å². The van der Waals surface area contributed by atoms with E-state index in [2.05, 4.69) is 151 Å². The van der Waals surface area contributed by atoms with Gasteiger partial charge in [0.25, 0.3) is 0 Å². The van der Waals surface area contributed by atoms with Crippen molar-refractivity contribution in [1.29, 1.82) is 0 Å². The Morgan fingerprint density at radius 3 is 2.14 bits per heavy atom. The predicted octanol–water partition coefficient (Wildman–Crippen LogP) is 12.9. The summed E-state index contributed by atoms with van der Waals surface area (Å²) in [7, 11) is 0. The maximum atomic E-state index is 4.41. The largest absolute Gasteiger partial charge is 0.0991 e. The summed E-state index contributed by atoms with van der Waals surface area (Å²) in [6.07, 6.45) is 37.6. The first-order valence-electron chi connectivity index (χ1n) is 15.0. The van der Waals surface area contributed by atoms with Gasteiger partial charge in [0.05, 0.1) is 0 Å². The normalized spacial score (nSPS) is 14.9. The van der Waals surface area contributed by atoms with Crippen LogP contribution in [-0.2, 0) is 0 Å². The van der Waals surface area contributed by atoms with Crippen LogP contribution in [-0.4, -0.2) is 0 Å². The van der Waals surface area contributed by atoms with Gasteiger partial charge >= 0.3 is 0 Å². The number of fused-ring (bicyclic) bond motifs is 1. The summed E-state index contributed by atoms with van der Waals surface area (Å²) in [6, 6.07) is 10.9. The molecule has 0 fully saturated rings. The van der Waals surface area contributed by atoms with Crippen molar-refractivity contribution in [3.05, 3.63) is 187 Å². The summed E-state index contributed by atoms with van der Waals surface area (Å²) >= 11 is 0. The van der Waals surface area contributed by atoms with Gasteiger partial charge in [-0.1, -0.05) is 160 Å². The van der Waals surface area contributed by atoms with Crippen molar-refractivity contribution in [2.24, 2.45) is 5.92 Å². The zero-order valence-corrected chi connectivity index (χ0v) is 27.0. The van der Waals surface area contributed by atoms with Gasteiger partial charge in [-0.05, 0) is 102 Å². The monoisotopic (exact) mass is 564 g/mol. The number of benzene rings is 2. The molecule has 0 bridgehead atoms. The smallest absolute Gasteiger partial charge is 0.00385 e. The van der Waals surface area contributed by atoms with Crippen LogP contribution >= 0.6 is 0 Å². The molecule has 220 valence electrons. The SMILES string of the molecule is C=C\C=C/C=C(C)/C(=C/C(C)/C=C\C(=C/C=C)c1cc(/C=C\C=C/C)c(C(=C)/C=C\C)c2ccccc12)C(/C=C\C)=C/C. The molecule has 0 aliphatic rings. The zero-order valence-electron chi connectivity index (χ0n) is 27.0. The van der Waals surface area contributed by atoms with E-state index < -0.39 is 0 Å². The first kappa shape index (κ1) is 34.5. The van der Waals surface area contributed by atoms with Crippen LogP contribution in [0.15, 0.2) is 170 Å². The third-order valence-corrected chi connectivity index (χ3v) is 6.95. The van der Waals surface area contributed by atoms with Crippen molar-refractivity contribution in [3.8, 4) is 0 Å². The fraction of sp³-hybridized carbons (Fsp3) is 0.163. The van der Waals surface area contributed by atoms with E-state index >= 15 is 0 Å². The van der Waals surface area contributed by atoms with Gasteiger partial charge in [0.15, 0.2) is 0 Å². The first-order valence-corrected chi connectivity index (χ1v) is 15.0. The predicted molar refractivity (Wildman–Crippen MR) is 198 cm³/mol. The highest BCUT2D eigenvalue weighted by Crippen LogP contribution is 2.36. The highest BCUT2D eigenvalue weighted by Gasteiger charge is 2.14. The van der Waals surface area contributed by atoms with Crippen LogP contribution in [0.4, 0.5) is 0 Å². The van der Waals surface area contributed by atoms with Gasteiger partial charge < -0.3 is 0 Å². The van der Waals surface area contributed by atoms with Gasteiger partial charge in [-0.25, -0.2) is 0 Å². The van der Waals surface area contributed by atoms with Crippen molar-refractivity contribution in [3.63, 3.8) is 0 Å². The van der Waals surface area contributed by atoms with Crippen LogP contribution in [0, 0.1) is 5.92 Å². The fourth-order valence-corrected chi connectivity index (χ4v) is 4.96. The standard InChI is InChI=1S/C43H48/c1-10-16-18-25-34(8)41(36(15-6)23-13-4)31-33(7)29-30-37(24-14-5)42-32-38(26-19-17-11-2)43(35(9)22-12-3)40-28-21-20-27-39(40)42/h10-33H,1,5,9H2,2-4,6-8H3/b17-11-,18-16-,22-12-,23-13-,26-19-,30-29-,34-25+,36-15+,37-24+,41-31-. The Morgan fingerprint density at radius 2 is 1.51 bits per heavy atom. The molecule has 1 atom stereocenters. The van der Waals surface area contributed by atoms with E-state index in [9.17, 15) is 0 Å². The second-order valence-corrected chi connectivity index (χ2v) is 10.2. The van der Waals surface area contributed by atoms with Gasteiger partial charge in [-0.15, -0.1) is 0 Å². The lowest BCUT2D eigenvalue weighted by molar-refractivity contribution is 0.929. The lowest BCUT2D eigenvalue weighted by Gasteiger charge is -2.17. The maximum Gasteiger partial charge on any atom is -0.00385 e. The summed E-state index contributed by atoms with van der Waals surface area (Å²) in [6.45, 7) is 24.8. The summed E-state index contributed by atoms with van der Waals surface area (Å²) < 4.78 is 0. The number of hydrogen-bond donors (Lipinski definition) is 0. The van der Waals surface area contributed by atoms with Crippen LogP contribution < -0.4 is 0 Å². The van der Waals surface area contributed by atoms with Gasteiger partial charge in [0, 0.05) is 0 Å². The zero-order chi connectivity index (χ0) is 31.6. The molecule has 0 N–H and O–H groups in total. The van der Waals surface area contributed by atoms with Crippen molar-refractivity contribution >= 4 is 28.0 Å². The lowest BCUT2D eigenvalue weighted by atomic mass is 9.87. The van der Waals surface area contributed by atoms with E-state index in [-0.39, 0.29) is 5.92 Å². The molecule has 0 aliphatic heterocycles. The van der Waals surface area contributed by atoms with Crippen LogP contribution in [0.5, 0.6) is 0 Å². The molecule has 1 unspecified atom stereocenters. The Kier molecular flexibility index (Phi) is 15.0. The Bertz CT molecular complexity index is 1590. The molecule has 0 radical (unpaired) electrons.